The molecule has 0 saturated heterocycles. The number of aromatic hydroxyl groups is 1. The summed E-state index contributed by atoms with van der Waals surface area (Å²) in [6.45, 7) is 2.64. The van der Waals surface area contributed by atoms with Gasteiger partial charge in [0.1, 0.15) is 17.2 Å². The molecule has 0 fully saturated rings. The fourth-order valence-electron chi connectivity index (χ4n) is 6.63. The number of rotatable bonds is 14. The molecule has 5 aromatic carbocycles. The summed E-state index contributed by atoms with van der Waals surface area (Å²) in [7, 11) is 1.59. The molecule has 1 aromatic heterocycles. The number of nitrogens with zero attached hydrogens (tertiary/aromatic N) is 1. The number of amides is 3. The number of benzene rings is 5. The minimum absolute atomic E-state index is 0.0785. The summed E-state index contributed by atoms with van der Waals surface area (Å²) in [6, 6.07) is 28.9. The van der Waals surface area contributed by atoms with Crippen LogP contribution >= 0.6 is 11.8 Å². The van der Waals surface area contributed by atoms with Crippen molar-refractivity contribution in [2.75, 3.05) is 42.8 Å². The Morgan fingerprint density at radius 2 is 1.83 bits per heavy atom. The van der Waals surface area contributed by atoms with Crippen LogP contribution in [0.2, 0.25) is 0 Å². The van der Waals surface area contributed by atoms with Crippen molar-refractivity contribution in [3.8, 4) is 29.1 Å². The van der Waals surface area contributed by atoms with Crippen LogP contribution in [-0.4, -0.2) is 59.7 Å². The van der Waals surface area contributed by atoms with Crippen molar-refractivity contribution >= 4 is 63.1 Å². The maximum absolute atomic E-state index is 13.3. The van der Waals surface area contributed by atoms with Crippen LogP contribution in [0.1, 0.15) is 56.4 Å². The number of methoxy groups -OCH3 is 1. The van der Waals surface area contributed by atoms with Crippen LogP contribution in [-0.2, 0) is 4.79 Å². The molecule has 13 nitrogen and oxygen atoms in total. The van der Waals surface area contributed by atoms with Crippen molar-refractivity contribution in [2.45, 2.75) is 35.7 Å². The smallest absolute Gasteiger partial charge is 0.262 e. The minimum Gasteiger partial charge on any atom is -0.508 e. The maximum atomic E-state index is 13.3. The van der Waals surface area contributed by atoms with Crippen LogP contribution in [0, 0.1) is 18.8 Å². The molecule has 7 rings (SSSR count). The number of carbonyl (C=O) groups excluding carboxylic acids is 3. The van der Waals surface area contributed by atoms with E-state index in [-0.39, 0.29) is 36.3 Å². The summed E-state index contributed by atoms with van der Waals surface area (Å²) in [4.78, 5) is 43.8. The van der Waals surface area contributed by atoms with Gasteiger partial charge in [-0.1, -0.05) is 35.7 Å². The number of hydrogen-bond acceptors (Lipinski definition) is 11. The number of carbonyl (C=O) groups is 3. The van der Waals surface area contributed by atoms with E-state index >= 15 is 0 Å². The van der Waals surface area contributed by atoms with Crippen LogP contribution in [0.15, 0.2) is 113 Å². The second-order valence-electron chi connectivity index (χ2n) is 13.9. The Morgan fingerprint density at radius 1 is 1.02 bits per heavy atom. The van der Waals surface area contributed by atoms with E-state index in [9.17, 15) is 24.6 Å². The second-order valence-corrected chi connectivity index (χ2v) is 15.1. The molecule has 0 unspecified atom stereocenters. The number of anilines is 4. The number of aliphatic hydroxyl groups excluding tert-OH is 1. The van der Waals surface area contributed by atoms with E-state index in [4.69, 9.17) is 15.2 Å². The third-order valence-corrected chi connectivity index (χ3v) is 10.5. The van der Waals surface area contributed by atoms with E-state index in [0.29, 0.717) is 52.7 Å². The van der Waals surface area contributed by atoms with Crippen LogP contribution in [0.3, 0.4) is 0 Å². The van der Waals surface area contributed by atoms with Crippen molar-refractivity contribution < 1.29 is 34.1 Å². The fraction of sp³-hybridized carbons (Fsp3) is 0.174. The molecule has 1 aliphatic heterocycles. The van der Waals surface area contributed by atoms with Crippen LogP contribution in [0.4, 0.5) is 22.7 Å². The number of primary amides is 1. The molecule has 8 N–H and O–H groups in total. The predicted molar refractivity (Wildman–Crippen MR) is 232 cm³/mol. The Balaban J connectivity index is 0.932. The lowest BCUT2D eigenvalue weighted by atomic mass is 10.1. The number of phenols is 1. The Hall–Kier alpha value is -7.05. The molecular weight excluding hydrogens is 781 g/mol. The van der Waals surface area contributed by atoms with Gasteiger partial charge in [0.05, 0.1) is 35.7 Å². The highest BCUT2D eigenvalue weighted by Crippen LogP contribution is 2.39. The first-order valence-corrected chi connectivity index (χ1v) is 19.9. The van der Waals surface area contributed by atoms with Crippen LogP contribution < -0.4 is 36.5 Å². The van der Waals surface area contributed by atoms with E-state index in [0.717, 1.165) is 43.9 Å². The van der Waals surface area contributed by atoms with Gasteiger partial charge in [-0.25, -0.2) is 0 Å². The van der Waals surface area contributed by atoms with Gasteiger partial charge in [0.15, 0.2) is 6.61 Å². The Labute approximate surface area is 350 Å². The van der Waals surface area contributed by atoms with Gasteiger partial charge in [-0.15, -0.1) is 0 Å². The minimum atomic E-state index is -0.948. The summed E-state index contributed by atoms with van der Waals surface area (Å²) in [6.07, 6.45) is 1.91. The number of aliphatic hydroxyl groups is 1. The Morgan fingerprint density at radius 3 is 2.63 bits per heavy atom. The number of phenolic OH excluding ortho intramolecular Hbond substituents is 1. The van der Waals surface area contributed by atoms with Gasteiger partial charge in [-0.3, -0.25) is 19.4 Å². The Bertz CT molecular complexity index is 2660. The molecular formula is C46H42N6O7S. The highest BCUT2D eigenvalue weighted by Gasteiger charge is 2.24. The number of hydrogen-bond donors (Lipinski definition) is 7. The van der Waals surface area contributed by atoms with Gasteiger partial charge in [0, 0.05) is 74.5 Å². The van der Waals surface area contributed by atoms with Crippen LogP contribution in [0.25, 0.3) is 10.9 Å². The molecule has 1 aliphatic rings. The normalized spacial score (nSPS) is 12.3. The lowest BCUT2D eigenvalue weighted by molar-refractivity contribution is -0.118. The van der Waals surface area contributed by atoms with Gasteiger partial charge in [-0.2, -0.15) is 0 Å². The van der Waals surface area contributed by atoms with E-state index in [2.05, 4.69) is 38.1 Å². The number of nitrogens with two attached hydrogens (primary N) is 1. The zero-order chi connectivity index (χ0) is 42.2. The van der Waals surface area contributed by atoms with E-state index in [1.807, 2.05) is 85.8 Å². The SMILES string of the molecule is COc1cccc(Nc2c(C(N)=O)cnc3c(C)cc(Sc4cccc(C(=O)Nc5ccc(C#CCCCNC[C@H](O)c6cc(O)cc7c6OCC(=O)N7)cc5)c4)cc23)c1. The molecule has 1 atom stereocenters. The third-order valence-electron chi connectivity index (χ3n) is 9.52. The van der Waals surface area contributed by atoms with Crippen LogP contribution in [0.5, 0.6) is 17.2 Å². The average Bonchev–Trinajstić information content (AvgIpc) is 3.23. The van der Waals surface area contributed by atoms with Crippen molar-refractivity contribution in [3.63, 3.8) is 0 Å². The standard InChI is InChI=1S/C46H42N6O7S/c1-27-18-35(23-37-42(27)49-24-38(45(47)56)43(37)50-31-10-7-11-33(20-31)58-2)60-34-12-6-9-29(19-34)46(57)51-30-15-13-28(14-16-30)8-4-3-5-17-48-25-40(54)36-21-32(53)22-39-44(36)59-26-41(55)52-39/h6-7,9-16,18-24,40,48,53-54H,3,5,17,25-26H2,1-2H3,(H2,47,56)(H,49,50)(H,51,57)(H,52,55)/t40-/m0/s1. The lowest BCUT2D eigenvalue weighted by Crippen LogP contribution is -2.28. The zero-order valence-corrected chi connectivity index (χ0v) is 33.6. The molecule has 0 aliphatic carbocycles. The first-order valence-electron chi connectivity index (χ1n) is 19.1. The monoisotopic (exact) mass is 822 g/mol. The number of fused-ring (bicyclic) bond motifs is 2. The van der Waals surface area contributed by atoms with Gasteiger partial charge in [0.25, 0.3) is 17.7 Å². The van der Waals surface area contributed by atoms with Gasteiger partial charge in [0.2, 0.25) is 0 Å². The van der Waals surface area contributed by atoms with Crippen molar-refractivity contribution in [3.05, 3.63) is 131 Å². The van der Waals surface area contributed by atoms with Gasteiger partial charge in [-0.05, 0) is 98.2 Å². The van der Waals surface area contributed by atoms with E-state index in [1.54, 1.807) is 13.2 Å². The number of nitrogens with one attached hydrogen (secondary N) is 4. The first kappa shape index (κ1) is 41.1. The molecule has 14 heteroatoms. The highest BCUT2D eigenvalue weighted by atomic mass is 32.2. The Kier molecular flexibility index (Phi) is 12.8. The van der Waals surface area contributed by atoms with Gasteiger partial charge < -0.3 is 46.7 Å². The van der Waals surface area contributed by atoms with Gasteiger partial charge >= 0.3 is 0 Å². The maximum Gasteiger partial charge on any atom is 0.262 e. The molecule has 3 amide bonds. The predicted octanol–water partition coefficient (Wildman–Crippen LogP) is 7.29. The lowest BCUT2D eigenvalue weighted by Gasteiger charge is -2.23. The summed E-state index contributed by atoms with van der Waals surface area (Å²) in [5.41, 5.74) is 11.6. The number of unbranched alkanes of at least 4 members (excludes halogenated alkanes) is 1. The largest absolute Gasteiger partial charge is 0.508 e. The summed E-state index contributed by atoms with van der Waals surface area (Å²) in [5, 5.41) is 33.6. The topological polar surface area (TPSA) is 197 Å². The number of aryl methyl sites for hydroxylation is 1. The summed E-state index contributed by atoms with van der Waals surface area (Å²) < 4.78 is 10.9. The molecule has 2 heterocycles. The summed E-state index contributed by atoms with van der Waals surface area (Å²) >= 11 is 1.48. The zero-order valence-electron chi connectivity index (χ0n) is 32.8. The second kappa shape index (κ2) is 18.7. The number of ether oxygens (including phenoxy) is 2. The molecule has 0 bridgehead atoms. The van der Waals surface area contributed by atoms with Crippen molar-refractivity contribution in [2.24, 2.45) is 5.73 Å². The number of aromatic nitrogens is 1. The van der Waals surface area contributed by atoms with Crippen molar-refractivity contribution in [1.29, 1.82) is 0 Å². The molecule has 6 aromatic rings. The molecule has 60 heavy (non-hydrogen) atoms. The molecule has 304 valence electrons. The number of pyridine rings is 1. The third kappa shape index (κ3) is 9.96. The summed E-state index contributed by atoms with van der Waals surface area (Å²) in [5.74, 6) is 6.05. The van der Waals surface area contributed by atoms with E-state index < -0.39 is 12.0 Å². The quantitative estimate of drug-likeness (QED) is 0.0431. The average molecular weight is 823 g/mol. The highest BCUT2D eigenvalue weighted by molar-refractivity contribution is 7.99. The molecule has 0 radical (unpaired) electrons. The van der Waals surface area contributed by atoms with E-state index in [1.165, 1.54) is 30.1 Å². The first-order chi connectivity index (χ1) is 29.0. The molecule has 0 spiro atoms. The fourth-order valence-corrected chi connectivity index (χ4v) is 7.64. The molecule has 0 saturated carbocycles. The van der Waals surface area contributed by atoms with Crippen molar-refractivity contribution in [1.82, 2.24) is 10.3 Å².